The number of nitrogens with two attached hydrogens (primary N) is 1. The molecule has 0 radical (unpaired) electrons. The molecule has 0 saturated carbocycles. The van der Waals surface area contributed by atoms with E-state index in [1.54, 1.807) is 30.3 Å². The van der Waals surface area contributed by atoms with E-state index in [2.05, 4.69) is 0 Å². The summed E-state index contributed by atoms with van der Waals surface area (Å²) in [6.45, 7) is 0. The van der Waals surface area contributed by atoms with Gasteiger partial charge in [-0.2, -0.15) is 13.2 Å². The van der Waals surface area contributed by atoms with Crippen molar-refractivity contribution in [2.24, 2.45) is 5.73 Å². The van der Waals surface area contributed by atoms with E-state index in [-0.39, 0.29) is 11.8 Å². The first kappa shape index (κ1) is 10.4. The SMILES string of the molecule is NC(SC(F)(F)F)c1ccccc1. The van der Waals surface area contributed by atoms with Gasteiger partial charge in [0.05, 0.1) is 5.37 Å². The summed E-state index contributed by atoms with van der Waals surface area (Å²) < 4.78 is 35.6. The van der Waals surface area contributed by atoms with E-state index in [0.717, 1.165) is 0 Å². The molecule has 0 amide bonds. The molecule has 0 heterocycles. The van der Waals surface area contributed by atoms with E-state index in [4.69, 9.17) is 5.73 Å². The van der Waals surface area contributed by atoms with Crippen molar-refractivity contribution in [1.82, 2.24) is 0 Å². The molecule has 1 nitrogen and oxygen atoms in total. The first-order valence-electron chi connectivity index (χ1n) is 3.54. The molecular weight excluding hydrogens is 199 g/mol. The van der Waals surface area contributed by atoms with Crippen LogP contribution in [0.5, 0.6) is 0 Å². The molecule has 0 aliphatic rings. The van der Waals surface area contributed by atoms with Crippen LogP contribution in [-0.2, 0) is 0 Å². The predicted molar refractivity (Wildman–Crippen MR) is 47.0 cm³/mol. The van der Waals surface area contributed by atoms with Crippen LogP contribution in [0.2, 0.25) is 0 Å². The van der Waals surface area contributed by atoms with Crippen molar-refractivity contribution in [3.8, 4) is 0 Å². The standard InChI is InChI=1S/C8H8F3NS/c9-8(10,11)13-7(12)6-4-2-1-3-5-6/h1-5,7H,12H2. The van der Waals surface area contributed by atoms with E-state index in [9.17, 15) is 13.2 Å². The third-order valence-electron chi connectivity index (χ3n) is 1.39. The Morgan fingerprint density at radius 2 is 1.69 bits per heavy atom. The van der Waals surface area contributed by atoms with E-state index < -0.39 is 10.9 Å². The van der Waals surface area contributed by atoms with Gasteiger partial charge in [-0.25, -0.2) is 0 Å². The molecule has 0 aromatic heterocycles. The molecule has 5 heteroatoms. The summed E-state index contributed by atoms with van der Waals surface area (Å²) in [5.74, 6) is 0. The highest BCUT2D eigenvalue weighted by atomic mass is 32.2. The smallest absolute Gasteiger partial charge is 0.315 e. The second kappa shape index (κ2) is 4.02. The van der Waals surface area contributed by atoms with Gasteiger partial charge in [0.25, 0.3) is 0 Å². The van der Waals surface area contributed by atoms with Crippen LogP contribution < -0.4 is 5.73 Å². The van der Waals surface area contributed by atoms with Crippen LogP contribution in [0.15, 0.2) is 30.3 Å². The molecule has 2 N–H and O–H groups in total. The fraction of sp³-hybridized carbons (Fsp3) is 0.250. The Labute approximate surface area is 78.1 Å². The van der Waals surface area contributed by atoms with Crippen LogP contribution in [0.25, 0.3) is 0 Å². The number of hydrogen-bond donors (Lipinski definition) is 1. The molecule has 72 valence electrons. The van der Waals surface area contributed by atoms with Crippen LogP contribution in [0, 0.1) is 0 Å². The molecule has 1 unspecified atom stereocenters. The van der Waals surface area contributed by atoms with E-state index in [1.807, 2.05) is 0 Å². The number of thioether (sulfide) groups is 1. The van der Waals surface area contributed by atoms with Crippen molar-refractivity contribution < 1.29 is 13.2 Å². The number of benzene rings is 1. The van der Waals surface area contributed by atoms with Gasteiger partial charge in [-0.1, -0.05) is 30.3 Å². The Kier molecular flexibility index (Phi) is 3.22. The lowest BCUT2D eigenvalue weighted by Crippen LogP contribution is -2.12. The van der Waals surface area contributed by atoms with Gasteiger partial charge >= 0.3 is 5.51 Å². The van der Waals surface area contributed by atoms with Gasteiger partial charge in [-0.3, -0.25) is 0 Å². The largest absolute Gasteiger partial charge is 0.443 e. The van der Waals surface area contributed by atoms with Crippen molar-refractivity contribution in [3.05, 3.63) is 35.9 Å². The van der Waals surface area contributed by atoms with Gasteiger partial charge in [0.2, 0.25) is 0 Å². The minimum Gasteiger partial charge on any atom is -0.315 e. The minimum atomic E-state index is -4.28. The Balaban J connectivity index is 2.64. The van der Waals surface area contributed by atoms with Crippen LogP contribution in [0.1, 0.15) is 10.9 Å². The summed E-state index contributed by atoms with van der Waals surface area (Å²) in [4.78, 5) is 0. The lowest BCUT2D eigenvalue weighted by atomic mass is 10.2. The molecule has 1 aromatic rings. The van der Waals surface area contributed by atoms with E-state index >= 15 is 0 Å². The normalized spacial score (nSPS) is 14.2. The average Bonchev–Trinajstić information content (AvgIpc) is 2.03. The highest BCUT2D eigenvalue weighted by Crippen LogP contribution is 2.38. The summed E-state index contributed by atoms with van der Waals surface area (Å²) in [5.41, 5.74) is 1.52. The third kappa shape index (κ3) is 3.69. The molecule has 1 rings (SSSR count). The zero-order valence-corrected chi connectivity index (χ0v) is 7.40. The third-order valence-corrected chi connectivity index (χ3v) is 2.18. The van der Waals surface area contributed by atoms with Gasteiger partial charge in [-0.15, -0.1) is 0 Å². The molecule has 0 aliphatic carbocycles. The minimum absolute atomic E-state index is 0.212. The Bertz CT molecular complexity index is 260. The highest BCUT2D eigenvalue weighted by Gasteiger charge is 2.31. The van der Waals surface area contributed by atoms with Crippen LogP contribution in [-0.4, -0.2) is 5.51 Å². The molecule has 0 bridgehead atoms. The average molecular weight is 207 g/mol. The molecule has 0 saturated heterocycles. The molecule has 13 heavy (non-hydrogen) atoms. The molecule has 1 atom stereocenters. The molecule has 0 fully saturated rings. The van der Waals surface area contributed by atoms with Gasteiger partial charge in [-0.05, 0) is 17.3 Å². The first-order chi connectivity index (χ1) is 5.99. The van der Waals surface area contributed by atoms with Gasteiger partial charge in [0.15, 0.2) is 0 Å². The first-order valence-corrected chi connectivity index (χ1v) is 4.42. The Morgan fingerprint density at radius 1 is 1.15 bits per heavy atom. The second-order valence-corrected chi connectivity index (χ2v) is 3.60. The van der Waals surface area contributed by atoms with E-state index in [1.165, 1.54) is 0 Å². The number of alkyl halides is 3. The predicted octanol–water partition coefficient (Wildman–Crippen LogP) is 2.90. The lowest BCUT2D eigenvalue weighted by molar-refractivity contribution is -0.0333. The molecule has 0 spiro atoms. The molecular formula is C8H8F3NS. The van der Waals surface area contributed by atoms with Crippen LogP contribution in [0.4, 0.5) is 13.2 Å². The fourth-order valence-electron chi connectivity index (χ4n) is 0.855. The zero-order chi connectivity index (χ0) is 9.90. The second-order valence-electron chi connectivity index (χ2n) is 2.39. The number of hydrogen-bond acceptors (Lipinski definition) is 2. The molecule has 0 aliphatic heterocycles. The maximum absolute atomic E-state index is 11.9. The monoisotopic (exact) mass is 207 g/mol. The quantitative estimate of drug-likeness (QED) is 0.754. The summed E-state index contributed by atoms with van der Waals surface area (Å²) >= 11 is -0.212. The van der Waals surface area contributed by atoms with Crippen molar-refractivity contribution in [1.29, 1.82) is 0 Å². The maximum Gasteiger partial charge on any atom is 0.443 e. The van der Waals surface area contributed by atoms with Crippen molar-refractivity contribution in [2.45, 2.75) is 10.9 Å². The van der Waals surface area contributed by atoms with Gasteiger partial charge in [0.1, 0.15) is 0 Å². The van der Waals surface area contributed by atoms with E-state index in [0.29, 0.717) is 5.56 Å². The lowest BCUT2D eigenvalue weighted by Gasteiger charge is -2.13. The summed E-state index contributed by atoms with van der Waals surface area (Å²) in [5, 5.41) is -1.04. The number of halogens is 3. The number of rotatable bonds is 2. The topological polar surface area (TPSA) is 26.0 Å². The molecule has 1 aromatic carbocycles. The van der Waals surface area contributed by atoms with Gasteiger partial charge in [0, 0.05) is 0 Å². The van der Waals surface area contributed by atoms with Crippen molar-refractivity contribution >= 4 is 11.8 Å². The summed E-state index contributed by atoms with van der Waals surface area (Å²) in [6, 6.07) is 8.19. The fourth-order valence-corrected chi connectivity index (χ4v) is 1.44. The Morgan fingerprint density at radius 3 is 2.15 bits per heavy atom. The summed E-state index contributed by atoms with van der Waals surface area (Å²) in [6.07, 6.45) is 0. The van der Waals surface area contributed by atoms with Crippen LogP contribution in [0.3, 0.4) is 0 Å². The zero-order valence-electron chi connectivity index (χ0n) is 6.58. The van der Waals surface area contributed by atoms with Crippen molar-refractivity contribution in [3.63, 3.8) is 0 Å². The Hall–Kier alpha value is -0.680. The maximum atomic E-state index is 11.9. The van der Waals surface area contributed by atoms with Crippen LogP contribution >= 0.6 is 11.8 Å². The van der Waals surface area contributed by atoms with Gasteiger partial charge < -0.3 is 5.73 Å². The highest BCUT2D eigenvalue weighted by molar-refractivity contribution is 8.00. The van der Waals surface area contributed by atoms with Crippen molar-refractivity contribution in [2.75, 3.05) is 0 Å². The summed E-state index contributed by atoms with van der Waals surface area (Å²) in [7, 11) is 0.